The molecule has 0 aliphatic carbocycles. The van der Waals surface area contributed by atoms with Gasteiger partial charge in [0.2, 0.25) is 0 Å². The number of hydrogen-bond acceptors (Lipinski definition) is 3. The fourth-order valence-electron chi connectivity index (χ4n) is 5.05. The number of ether oxygens (including phenoxy) is 1. The second kappa shape index (κ2) is 8.66. The second-order valence-corrected chi connectivity index (χ2v) is 8.82. The SMILES string of the molecule is COc1cc(C=C2CCC3CC[C@H](c4cc(F)c(F)c(F)c4)N3C2=O)ccc1-n1cnc(C)c1. The zero-order chi connectivity index (χ0) is 24.0. The van der Waals surface area contributed by atoms with Crippen molar-refractivity contribution in [2.45, 2.75) is 44.7 Å². The van der Waals surface area contributed by atoms with E-state index >= 15 is 0 Å². The third-order valence-electron chi connectivity index (χ3n) is 6.68. The van der Waals surface area contributed by atoms with Gasteiger partial charge in [-0.05, 0) is 74.1 Å². The molecule has 3 heterocycles. The Morgan fingerprint density at radius 3 is 2.53 bits per heavy atom. The Bertz CT molecular complexity index is 1280. The van der Waals surface area contributed by atoms with E-state index < -0.39 is 23.5 Å². The highest BCUT2D eigenvalue weighted by molar-refractivity contribution is 5.99. The van der Waals surface area contributed by atoms with Crippen LogP contribution in [0.2, 0.25) is 0 Å². The molecule has 2 aliphatic rings. The molecule has 8 heteroatoms. The predicted molar refractivity (Wildman–Crippen MR) is 121 cm³/mol. The smallest absolute Gasteiger partial charge is 0.250 e. The lowest BCUT2D eigenvalue weighted by atomic mass is 9.95. The highest BCUT2D eigenvalue weighted by Crippen LogP contribution is 2.43. The summed E-state index contributed by atoms with van der Waals surface area (Å²) in [7, 11) is 1.59. The highest BCUT2D eigenvalue weighted by atomic mass is 19.2. The number of benzene rings is 2. The molecule has 0 radical (unpaired) electrons. The minimum Gasteiger partial charge on any atom is -0.495 e. The van der Waals surface area contributed by atoms with Crippen molar-refractivity contribution in [3.05, 3.63) is 82.7 Å². The summed E-state index contributed by atoms with van der Waals surface area (Å²) < 4.78 is 48.6. The van der Waals surface area contributed by atoms with Crippen molar-refractivity contribution in [2.75, 3.05) is 7.11 Å². The van der Waals surface area contributed by atoms with Gasteiger partial charge in [0.1, 0.15) is 5.75 Å². The Labute approximate surface area is 195 Å². The molecule has 176 valence electrons. The molecule has 1 amide bonds. The van der Waals surface area contributed by atoms with E-state index in [-0.39, 0.29) is 17.5 Å². The number of carbonyl (C=O) groups is 1. The summed E-state index contributed by atoms with van der Waals surface area (Å²) >= 11 is 0. The molecule has 2 aromatic carbocycles. The number of nitrogens with zero attached hydrogens (tertiary/aromatic N) is 3. The number of rotatable bonds is 4. The van der Waals surface area contributed by atoms with Gasteiger partial charge in [-0.25, -0.2) is 18.2 Å². The molecular formula is C26H24F3N3O2. The summed E-state index contributed by atoms with van der Waals surface area (Å²) in [6, 6.07) is 7.20. The molecule has 0 spiro atoms. The number of imidazole rings is 1. The van der Waals surface area contributed by atoms with Crippen molar-refractivity contribution in [1.29, 1.82) is 0 Å². The number of fused-ring (bicyclic) bond motifs is 1. The molecule has 2 saturated heterocycles. The molecular weight excluding hydrogens is 443 g/mol. The molecule has 0 N–H and O–H groups in total. The minimum absolute atomic E-state index is 0.00668. The van der Waals surface area contributed by atoms with Gasteiger partial charge in [-0.15, -0.1) is 0 Å². The average Bonchev–Trinajstić information content (AvgIpc) is 3.45. The van der Waals surface area contributed by atoms with Crippen LogP contribution < -0.4 is 4.74 Å². The van der Waals surface area contributed by atoms with Gasteiger partial charge in [-0.2, -0.15) is 0 Å². The monoisotopic (exact) mass is 467 g/mol. The third kappa shape index (κ3) is 3.87. The van der Waals surface area contributed by atoms with Gasteiger partial charge in [0.15, 0.2) is 17.5 Å². The van der Waals surface area contributed by atoms with Crippen LogP contribution in [-0.4, -0.2) is 33.5 Å². The molecule has 5 rings (SSSR count). The van der Waals surface area contributed by atoms with Crippen LogP contribution in [0.1, 0.15) is 48.5 Å². The molecule has 0 saturated carbocycles. The number of piperidine rings is 1. The lowest BCUT2D eigenvalue weighted by Crippen LogP contribution is -2.41. The number of aromatic nitrogens is 2. The van der Waals surface area contributed by atoms with Crippen molar-refractivity contribution in [3.8, 4) is 11.4 Å². The number of aryl methyl sites for hydroxylation is 1. The summed E-state index contributed by atoms with van der Waals surface area (Å²) in [4.78, 5) is 19.4. The van der Waals surface area contributed by atoms with E-state index in [0.717, 1.165) is 41.9 Å². The maximum atomic E-state index is 13.9. The van der Waals surface area contributed by atoms with Crippen LogP contribution in [0.5, 0.6) is 5.75 Å². The third-order valence-corrected chi connectivity index (χ3v) is 6.68. The first kappa shape index (κ1) is 22.3. The molecule has 0 bridgehead atoms. The number of methoxy groups -OCH3 is 1. The van der Waals surface area contributed by atoms with Crippen LogP contribution >= 0.6 is 0 Å². The summed E-state index contributed by atoms with van der Waals surface area (Å²) in [5.74, 6) is -3.48. The molecule has 5 nitrogen and oxygen atoms in total. The molecule has 2 aliphatic heterocycles. The Kier molecular flexibility index (Phi) is 5.67. The predicted octanol–water partition coefficient (Wildman–Crippen LogP) is 5.52. The molecule has 1 unspecified atom stereocenters. The largest absolute Gasteiger partial charge is 0.495 e. The van der Waals surface area contributed by atoms with E-state index in [9.17, 15) is 18.0 Å². The van der Waals surface area contributed by atoms with Gasteiger partial charge in [0, 0.05) is 17.8 Å². The fourth-order valence-corrected chi connectivity index (χ4v) is 5.05. The zero-order valence-electron chi connectivity index (χ0n) is 18.9. The topological polar surface area (TPSA) is 47.4 Å². The van der Waals surface area contributed by atoms with Crippen molar-refractivity contribution < 1.29 is 22.7 Å². The van der Waals surface area contributed by atoms with E-state index in [0.29, 0.717) is 24.2 Å². The number of carbonyl (C=O) groups excluding carboxylic acids is 1. The van der Waals surface area contributed by atoms with Gasteiger partial charge in [-0.3, -0.25) is 4.79 Å². The van der Waals surface area contributed by atoms with E-state index in [1.165, 1.54) is 0 Å². The molecule has 2 atom stereocenters. The van der Waals surface area contributed by atoms with Crippen LogP contribution in [0.25, 0.3) is 11.8 Å². The first-order chi connectivity index (χ1) is 16.4. The van der Waals surface area contributed by atoms with Gasteiger partial charge in [0.25, 0.3) is 5.91 Å². The quantitative estimate of drug-likeness (QED) is 0.375. The first-order valence-electron chi connectivity index (χ1n) is 11.2. The minimum atomic E-state index is -1.49. The fraction of sp³-hybridized carbons (Fsp3) is 0.308. The van der Waals surface area contributed by atoms with Crippen LogP contribution in [0, 0.1) is 24.4 Å². The van der Waals surface area contributed by atoms with Gasteiger partial charge >= 0.3 is 0 Å². The second-order valence-electron chi connectivity index (χ2n) is 8.82. The number of halogens is 3. The normalized spacial score (nSPS) is 21.3. The number of hydrogen-bond donors (Lipinski definition) is 0. The number of amides is 1. The van der Waals surface area contributed by atoms with Gasteiger partial charge < -0.3 is 14.2 Å². The van der Waals surface area contributed by atoms with E-state index in [2.05, 4.69) is 4.98 Å². The van der Waals surface area contributed by atoms with E-state index in [4.69, 9.17) is 4.74 Å². The average molecular weight is 467 g/mol. The molecule has 1 aromatic heterocycles. The molecule has 34 heavy (non-hydrogen) atoms. The lowest BCUT2D eigenvalue weighted by Gasteiger charge is -2.35. The van der Waals surface area contributed by atoms with Gasteiger partial charge in [0.05, 0.1) is 30.9 Å². The Hall–Kier alpha value is -3.55. The Morgan fingerprint density at radius 2 is 1.85 bits per heavy atom. The lowest BCUT2D eigenvalue weighted by molar-refractivity contribution is -0.131. The standard InChI is InChI=1S/C26H24F3N3O2/c1-15-13-31(14-30-15)23-7-3-16(10-24(23)34-2)9-17-4-5-19-6-8-22(32(19)26(17)33)18-11-20(27)25(29)21(28)12-18/h3,7,9-14,19,22H,4-6,8H2,1-2H3/t19?,22-/m1/s1. The zero-order valence-corrected chi connectivity index (χ0v) is 18.9. The summed E-state index contributed by atoms with van der Waals surface area (Å²) in [5, 5.41) is 0. The summed E-state index contributed by atoms with van der Waals surface area (Å²) in [6.45, 7) is 1.91. The Balaban J connectivity index is 1.44. The van der Waals surface area contributed by atoms with E-state index in [1.54, 1.807) is 18.3 Å². The van der Waals surface area contributed by atoms with Crippen LogP contribution in [0.3, 0.4) is 0 Å². The summed E-state index contributed by atoms with van der Waals surface area (Å²) in [6.07, 6.45) is 8.16. The molecule has 3 aromatic rings. The van der Waals surface area contributed by atoms with Crippen molar-refractivity contribution in [3.63, 3.8) is 0 Å². The first-order valence-corrected chi connectivity index (χ1v) is 11.2. The van der Waals surface area contributed by atoms with Crippen LogP contribution in [-0.2, 0) is 4.79 Å². The van der Waals surface area contributed by atoms with Crippen molar-refractivity contribution in [2.24, 2.45) is 0 Å². The van der Waals surface area contributed by atoms with Crippen LogP contribution in [0.4, 0.5) is 13.2 Å². The summed E-state index contributed by atoms with van der Waals surface area (Å²) in [5.41, 5.74) is 3.44. The highest BCUT2D eigenvalue weighted by Gasteiger charge is 2.42. The molecule has 2 fully saturated rings. The van der Waals surface area contributed by atoms with Crippen molar-refractivity contribution >= 4 is 12.0 Å². The maximum Gasteiger partial charge on any atom is 0.250 e. The maximum absolute atomic E-state index is 13.9. The Morgan fingerprint density at radius 1 is 1.09 bits per heavy atom. The van der Waals surface area contributed by atoms with Gasteiger partial charge in [-0.1, -0.05) is 6.07 Å². The van der Waals surface area contributed by atoms with Crippen LogP contribution in [0.15, 0.2) is 48.4 Å². The van der Waals surface area contributed by atoms with E-state index in [1.807, 2.05) is 42.0 Å². The van der Waals surface area contributed by atoms with Crippen molar-refractivity contribution in [1.82, 2.24) is 14.5 Å².